The van der Waals surface area contributed by atoms with E-state index in [1.165, 1.54) is 6.07 Å². The van der Waals surface area contributed by atoms with Crippen molar-refractivity contribution in [1.29, 1.82) is 0 Å². The standard InChI is InChI=1S/C15H13ClF3N/c1-9-5-6-12(13(16)7-9)14(20)10-3-2-4-11(8-10)15(17,18)19/h2-8,14H,20H2,1H3. The van der Waals surface area contributed by atoms with Gasteiger partial charge in [0.25, 0.3) is 0 Å². The van der Waals surface area contributed by atoms with Crippen molar-refractivity contribution in [2.24, 2.45) is 5.73 Å². The third kappa shape index (κ3) is 3.14. The molecule has 0 radical (unpaired) electrons. The van der Waals surface area contributed by atoms with Gasteiger partial charge in [0.1, 0.15) is 0 Å². The highest BCUT2D eigenvalue weighted by Crippen LogP contribution is 2.33. The van der Waals surface area contributed by atoms with Crippen LogP contribution < -0.4 is 5.73 Å². The van der Waals surface area contributed by atoms with Crippen molar-refractivity contribution in [3.05, 3.63) is 69.7 Å². The van der Waals surface area contributed by atoms with E-state index in [1.54, 1.807) is 18.2 Å². The first kappa shape index (κ1) is 14.9. The van der Waals surface area contributed by atoms with Crippen LogP contribution in [-0.4, -0.2) is 0 Å². The summed E-state index contributed by atoms with van der Waals surface area (Å²) < 4.78 is 38.1. The highest BCUT2D eigenvalue weighted by Gasteiger charge is 2.30. The molecule has 0 aromatic heterocycles. The quantitative estimate of drug-likeness (QED) is 0.853. The Hall–Kier alpha value is -1.52. The van der Waals surface area contributed by atoms with E-state index >= 15 is 0 Å². The lowest BCUT2D eigenvalue weighted by Gasteiger charge is -2.16. The highest BCUT2D eigenvalue weighted by molar-refractivity contribution is 6.31. The monoisotopic (exact) mass is 299 g/mol. The Morgan fingerprint density at radius 2 is 1.80 bits per heavy atom. The molecule has 0 spiro atoms. The number of hydrogen-bond acceptors (Lipinski definition) is 1. The van der Waals surface area contributed by atoms with E-state index in [0.717, 1.165) is 17.7 Å². The van der Waals surface area contributed by atoms with Gasteiger partial charge in [0.05, 0.1) is 11.6 Å². The number of alkyl halides is 3. The SMILES string of the molecule is Cc1ccc(C(N)c2cccc(C(F)(F)F)c2)c(Cl)c1. The average molecular weight is 300 g/mol. The summed E-state index contributed by atoms with van der Waals surface area (Å²) in [5, 5.41) is 0.454. The van der Waals surface area contributed by atoms with Gasteiger partial charge in [-0.1, -0.05) is 35.9 Å². The van der Waals surface area contributed by atoms with Crippen molar-refractivity contribution >= 4 is 11.6 Å². The molecule has 20 heavy (non-hydrogen) atoms. The molecule has 0 aliphatic rings. The Morgan fingerprint density at radius 3 is 2.40 bits per heavy atom. The lowest BCUT2D eigenvalue weighted by Crippen LogP contribution is -2.14. The number of aryl methyl sites for hydroxylation is 1. The van der Waals surface area contributed by atoms with Gasteiger partial charge >= 0.3 is 6.18 Å². The molecule has 1 nitrogen and oxygen atoms in total. The summed E-state index contributed by atoms with van der Waals surface area (Å²) in [4.78, 5) is 0. The minimum atomic E-state index is -4.38. The van der Waals surface area contributed by atoms with Gasteiger partial charge in [-0.05, 0) is 41.8 Å². The fourth-order valence-corrected chi connectivity index (χ4v) is 2.33. The molecule has 0 bridgehead atoms. The van der Waals surface area contributed by atoms with Gasteiger partial charge in [-0.2, -0.15) is 13.2 Å². The number of rotatable bonds is 2. The number of nitrogens with two attached hydrogens (primary N) is 1. The normalized spacial score (nSPS) is 13.3. The fraction of sp³-hybridized carbons (Fsp3) is 0.200. The Morgan fingerprint density at radius 1 is 1.10 bits per heavy atom. The second-order valence-electron chi connectivity index (χ2n) is 4.63. The summed E-state index contributed by atoms with van der Waals surface area (Å²) in [7, 11) is 0. The largest absolute Gasteiger partial charge is 0.416 e. The Labute approximate surface area is 120 Å². The van der Waals surface area contributed by atoms with Gasteiger partial charge in [0.15, 0.2) is 0 Å². The first-order chi connectivity index (χ1) is 9.29. The summed E-state index contributed by atoms with van der Waals surface area (Å²) in [6.45, 7) is 1.88. The molecule has 0 aliphatic heterocycles. The molecule has 5 heteroatoms. The van der Waals surface area contributed by atoms with Gasteiger partial charge in [-0.3, -0.25) is 0 Å². The smallest absolute Gasteiger partial charge is 0.320 e. The maximum absolute atomic E-state index is 12.7. The lowest BCUT2D eigenvalue weighted by atomic mass is 9.97. The van der Waals surface area contributed by atoms with Crippen LogP contribution in [0.2, 0.25) is 5.02 Å². The van der Waals surface area contributed by atoms with E-state index in [0.29, 0.717) is 16.1 Å². The van der Waals surface area contributed by atoms with Crippen molar-refractivity contribution in [1.82, 2.24) is 0 Å². The molecule has 0 amide bonds. The van der Waals surface area contributed by atoms with Crippen LogP contribution in [0.3, 0.4) is 0 Å². The van der Waals surface area contributed by atoms with Crippen molar-refractivity contribution in [3.8, 4) is 0 Å². The minimum Gasteiger partial charge on any atom is -0.320 e. The van der Waals surface area contributed by atoms with Gasteiger partial charge in [0.2, 0.25) is 0 Å². The fourth-order valence-electron chi connectivity index (χ4n) is 1.97. The van der Waals surface area contributed by atoms with Crippen molar-refractivity contribution in [2.45, 2.75) is 19.1 Å². The topological polar surface area (TPSA) is 26.0 Å². The number of halogens is 4. The second-order valence-corrected chi connectivity index (χ2v) is 5.03. The van der Waals surface area contributed by atoms with Crippen LogP contribution in [0.5, 0.6) is 0 Å². The van der Waals surface area contributed by atoms with Crippen LogP contribution in [0.4, 0.5) is 13.2 Å². The van der Waals surface area contributed by atoms with E-state index < -0.39 is 17.8 Å². The van der Waals surface area contributed by atoms with Gasteiger partial charge in [0, 0.05) is 5.02 Å². The van der Waals surface area contributed by atoms with Crippen LogP contribution >= 0.6 is 11.6 Å². The lowest BCUT2D eigenvalue weighted by molar-refractivity contribution is -0.137. The molecule has 2 rings (SSSR count). The molecule has 0 saturated heterocycles. The maximum atomic E-state index is 12.7. The number of benzene rings is 2. The zero-order valence-electron chi connectivity index (χ0n) is 10.7. The molecular weight excluding hydrogens is 287 g/mol. The first-order valence-corrected chi connectivity index (χ1v) is 6.35. The zero-order chi connectivity index (χ0) is 14.9. The molecule has 2 N–H and O–H groups in total. The van der Waals surface area contributed by atoms with Gasteiger partial charge < -0.3 is 5.73 Å². The molecule has 1 atom stereocenters. The summed E-state index contributed by atoms with van der Waals surface area (Å²) >= 11 is 6.10. The Balaban J connectivity index is 2.41. The van der Waals surface area contributed by atoms with Crippen LogP contribution in [-0.2, 0) is 6.18 Å². The third-order valence-electron chi connectivity index (χ3n) is 3.06. The molecule has 106 valence electrons. The van der Waals surface area contributed by atoms with E-state index in [-0.39, 0.29) is 0 Å². The highest BCUT2D eigenvalue weighted by atomic mass is 35.5. The Kier molecular flexibility index (Phi) is 4.06. The van der Waals surface area contributed by atoms with Crippen LogP contribution in [0.1, 0.15) is 28.3 Å². The molecule has 0 saturated carbocycles. The molecule has 2 aromatic carbocycles. The maximum Gasteiger partial charge on any atom is 0.416 e. The molecule has 1 unspecified atom stereocenters. The molecule has 0 aliphatic carbocycles. The van der Waals surface area contributed by atoms with Crippen molar-refractivity contribution in [2.75, 3.05) is 0 Å². The molecule has 0 heterocycles. The van der Waals surface area contributed by atoms with E-state index in [2.05, 4.69) is 0 Å². The van der Waals surface area contributed by atoms with Crippen LogP contribution in [0, 0.1) is 6.92 Å². The number of hydrogen-bond donors (Lipinski definition) is 1. The summed E-state index contributed by atoms with van der Waals surface area (Å²) in [5.41, 5.74) is 7.27. The van der Waals surface area contributed by atoms with Gasteiger partial charge in [-0.25, -0.2) is 0 Å². The predicted molar refractivity (Wildman–Crippen MR) is 73.7 cm³/mol. The van der Waals surface area contributed by atoms with Crippen molar-refractivity contribution < 1.29 is 13.2 Å². The van der Waals surface area contributed by atoms with Crippen LogP contribution in [0.15, 0.2) is 42.5 Å². The third-order valence-corrected chi connectivity index (χ3v) is 3.39. The summed E-state index contributed by atoms with van der Waals surface area (Å²) in [6, 6.07) is 9.61. The van der Waals surface area contributed by atoms with Crippen molar-refractivity contribution in [3.63, 3.8) is 0 Å². The summed E-state index contributed by atoms with van der Waals surface area (Å²) in [5.74, 6) is 0. The first-order valence-electron chi connectivity index (χ1n) is 5.98. The zero-order valence-corrected chi connectivity index (χ0v) is 11.5. The van der Waals surface area contributed by atoms with Gasteiger partial charge in [-0.15, -0.1) is 0 Å². The second kappa shape index (κ2) is 5.46. The summed E-state index contributed by atoms with van der Waals surface area (Å²) in [6.07, 6.45) is -4.38. The molecule has 2 aromatic rings. The minimum absolute atomic E-state index is 0.380. The van der Waals surface area contributed by atoms with Crippen LogP contribution in [0.25, 0.3) is 0 Å². The van der Waals surface area contributed by atoms with E-state index in [9.17, 15) is 13.2 Å². The van der Waals surface area contributed by atoms with E-state index in [4.69, 9.17) is 17.3 Å². The Bertz CT molecular complexity index is 623. The van der Waals surface area contributed by atoms with E-state index in [1.807, 2.05) is 13.0 Å². The predicted octanol–water partition coefficient (Wildman–Crippen LogP) is 4.72. The molecular formula is C15H13ClF3N. The average Bonchev–Trinajstić information content (AvgIpc) is 2.37. The molecule has 0 fully saturated rings.